The van der Waals surface area contributed by atoms with Gasteiger partial charge in [-0.2, -0.15) is 0 Å². The largest absolute Gasteiger partial charge is 0.495 e. The normalized spacial score (nSPS) is 17.3. The Balaban J connectivity index is 2.02. The predicted molar refractivity (Wildman–Crippen MR) is 94.3 cm³/mol. The van der Waals surface area contributed by atoms with Crippen LogP contribution >= 0.6 is 11.6 Å². The van der Waals surface area contributed by atoms with Gasteiger partial charge in [0.05, 0.1) is 18.8 Å². The molecule has 6 nitrogen and oxygen atoms in total. The van der Waals surface area contributed by atoms with Crippen molar-refractivity contribution < 1.29 is 14.3 Å². The van der Waals surface area contributed by atoms with Gasteiger partial charge in [-0.1, -0.05) is 11.6 Å². The first kappa shape index (κ1) is 18.5. The Morgan fingerprint density at radius 2 is 2.00 bits per heavy atom. The number of hydrogen-bond acceptors (Lipinski definition) is 4. The number of nitrogens with two attached hydrogens (primary N) is 1. The maximum Gasteiger partial charge on any atom is 0.241 e. The van der Waals surface area contributed by atoms with Crippen LogP contribution in [-0.2, 0) is 9.59 Å². The average molecular weight is 354 g/mol. The number of nitrogens with one attached hydrogen (secondary N) is 1. The van der Waals surface area contributed by atoms with Crippen LogP contribution in [0.2, 0.25) is 5.02 Å². The Hall–Kier alpha value is -1.79. The number of hydrogen-bond donors (Lipinski definition) is 2. The quantitative estimate of drug-likeness (QED) is 0.849. The molecule has 0 radical (unpaired) electrons. The third-order valence-corrected chi connectivity index (χ3v) is 5.00. The van der Waals surface area contributed by atoms with Crippen molar-refractivity contribution in [2.45, 2.75) is 32.7 Å². The van der Waals surface area contributed by atoms with Crippen LogP contribution in [0, 0.1) is 12.8 Å². The first-order valence-electron chi connectivity index (χ1n) is 8.01. The molecule has 1 aromatic rings. The number of carbonyl (C=O) groups is 2. The van der Waals surface area contributed by atoms with Crippen molar-refractivity contribution in [2.75, 3.05) is 25.5 Å². The molecule has 0 saturated carbocycles. The van der Waals surface area contributed by atoms with E-state index in [0.717, 1.165) is 5.56 Å². The molecule has 1 fully saturated rings. The summed E-state index contributed by atoms with van der Waals surface area (Å²) in [4.78, 5) is 25.9. The SMILES string of the molecule is COc1cc(Cl)c(C)cc1NC(=O)[C@@H](C)N1CCC(C(N)=O)CC1. The molecular weight excluding hydrogens is 330 g/mol. The lowest BCUT2D eigenvalue weighted by atomic mass is 9.95. The van der Waals surface area contributed by atoms with Crippen LogP contribution in [0.4, 0.5) is 5.69 Å². The zero-order chi connectivity index (χ0) is 17.9. The molecule has 1 aromatic carbocycles. The standard InChI is InChI=1S/C17H24ClN3O3/c1-10-8-14(15(24-3)9-13(10)18)20-17(23)11(2)21-6-4-12(5-7-21)16(19)22/h8-9,11-12H,4-7H2,1-3H3,(H2,19,22)(H,20,23)/t11-/m1/s1. The van der Waals surface area contributed by atoms with Crippen LogP contribution in [0.25, 0.3) is 0 Å². The van der Waals surface area contributed by atoms with E-state index in [1.54, 1.807) is 12.1 Å². The molecule has 7 heteroatoms. The number of rotatable bonds is 5. The molecule has 0 aliphatic carbocycles. The molecule has 0 spiro atoms. The van der Waals surface area contributed by atoms with Gasteiger partial charge in [0.15, 0.2) is 0 Å². The lowest BCUT2D eigenvalue weighted by Crippen LogP contribution is -2.47. The van der Waals surface area contributed by atoms with E-state index in [2.05, 4.69) is 10.2 Å². The fourth-order valence-electron chi connectivity index (χ4n) is 2.90. The highest BCUT2D eigenvalue weighted by Gasteiger charge is 2.29. The summed E-state index contributed by atoms with van der Waals surface area (Å²) >= 11 is 6.09. The smallest absolute Gasteiger partial charge is 0.241 e. The minimum absolute atomic E-state index is 0.0875. The second-order valence-corrected chi connectivity index (χ2v) is 6.59. The zero-order valence-corrected chi connectivity index (χ0v) is 15.0. The summed E-state index contributed by atoms with van der Waals surface area (Å²) in [7, 11) is 1.54. The molecule has 0 unspecified atom stereocenters. The van der Waals surface area contributed by atoms with Gasteiger partial charge < -0.3 is 15.8 Å². The maximum absolute atomic E-state index is 12.6. The van der Waals surface area contributed by atoms with E-state index in [1.807, 2.05) is 13.8 Å². The van der Waals surface area contributed by atoms with E-state index >= 15 is 0 Å². The van der Waals surface area contributed by atoms with E-state index < -0.39 is 0 Å². The molecule has 0 aromatic heterocycles. The van der Waals surface area contributed by atoms with Gasteiger partial charge in [0, 0.05) is 17.0 Å². The first-order chi connectivity index (χ1) is 11.3. The average Bonchev–Trinajstić information content (AvgIpc) is 2.57. The molecule has 1 atom stereocenters. The Bertz CT molecular complexity index is 628. The number of primary amides is 1. The number of ether oxygens (including phenoxy) is 1. The van der Waals surface area contributed by atoms with Crippen LogP contribution in [0.15, 0.2) is 12.1 Å². The van der Waals surface area contributed by atoms with Crippen molar-refractivity contribution in [3.63, 3.8) is 0 Å². The Kier molecular flexibility index (Phi) is 6.07. The van der Waals surface area contributed by atoms with E-state index in [9.17, 15) is 9.59 Å². The highest BCUT2D eigenvalue weighted by molar-refractivity contribution is 6.31. The summed E-state index contributed by atoms with van der Waals surface area (Å²) < 4.78 is 5.28. The van der Waals surface area contributed by atoms with Crippen molar-refractivity contribution in [2.24, 2.45) is 11.7 Å². The molecule has 2 amide bonds. The number of aryl methyl sites for hydroxylation is 1. The van der Waals surface area contributed by atoms with Crippen molar-refractivity contribution in [3.8, 4) is 5.75 Å². The number of likely N-dealkylation sites (tertiary alicyclic amines) is 1. The summed E-state index contributed by atoms with van der Waals surface area (Å²) in [6, 6.07) is 3.18. The van der Waals surface area contributed by atoms with Gasteiger partial charge in [-0.15, -0.1) is 0 Å². The maximum atomic E-state index is 12.6. The van der Waals surface area contributed by atoms with E-state index in [-0.39, 0.29) is 23.8 Å². The van der Waals surface area contributed by atoms with Crippen molar-refractivity contribution in [3.05, 3.63) is 22.7 Å². The summed E-state index contributed by atoms with van der Waals surface area (Å²) in [5.41, 5.74) is 6.81. The van der Waals surface area contributed by atoms with Gasteiger partial charge in [0.1, 0.15) is 5.75 Å². The van der Waals surface area contributed by atoms with Gasteiger partial charge in [-0.25, -0.2) is 0 Å². The lowest BCUT2D eigenvalue weighted by molar-refractivity contribution is -0.124. The Morgan fingerprint density at radius 1 is 1.38 bits per heavy atom. The number of anilines is 1. The Labute approximate surface area is 147 Å². The number of nitrogens with zero attached hydrogens (tertiary/aromatic N) is 1. The van der Waals surface area contributed by atoms with E-state index in [4.69, 9.17) is 22.1 Å². The monoisotopic (exact) mass is 353 g/mol. The van der Waals surface area contributed by atoms with Crippen molar-refractivity contribution in [1.29, 1.82) is 0 Å². The van der Waals surface area contributed by atoms with Gasteiger partial charge in [0.2, 0.25) is 11.8 Å². The number of carbonyl (C=O) groups excluding carboxylic acids is 2. The molecule has 24 heavy (non-hydrogen) atoms. The summed E-state index contributed by atoms with van der Waals surface area (Å²) in [5, 5.41) is 3.49. The van der Waals surface area contributed by atoms with E-state index in [1.165, 1.54) is 7.11 Å². The molecule has 2 rings (SSSR count). The lowest BCUT2D eigenvalue weighted by Gasteiger charge is -2.34. The molecule has 0 bridgehead atoms. The molecular formula is C17H24ClN3O3. The summed E-state index contributed by atoms with van der Waals surface area (Å²) in [5.74, 6) is 0.0646. The molecule has 1 saturated heterocycles. The second kappa shape index (κ2) is 7.85. The number of benzene rings is 1. The second-order valence-electron chi connectivity index (χ2n) is 6.18. The van der Waals surface area contributed by atoms with Gasteiger partial charge in [-0.3, -0.25) is 14.5 Å². The van der Waals surface area contributed by atoms with E-state index in [0.29, 0.717) is 42.4 Å². The fraction of sp³-hybridized carbons (Fsp3) is 0.529. The van der Waals surface area contributed by atoms with Crippen LogP contribution in [-0.4, -0.2) is 43.0 Å². The minimum atomic E-state index is -0.306. The minimum Gasteiger partial charge on any atom is -0.495 e. The third-order valence-electron chi connectivity index (χ3n) is 4.60. The topological polar surface area (TPSA) is 84.7 Å². The van der Waals surface area contributed by atoms with Crippen molar-refractivity contribution >= 4 is 29.1 Å². The zero-order valence-electron chi connectivity index (χ0n) is 14.3. The van der Waals surface area contributed by atoms with Gasteiger partial charge in [-0.05, 0) is 51.4 Å². The third kappa shape index (κ3) is 4.19. The molecule has 132 valence electrons. The number of halogens is 1. The molecule has 1 heterocycles. The highest BCUT2D eigenvalue weighted by atomic mass is 35.5. The number of methoxy groups -OCH3 is 1. The summed E-state index contributed by atoms with van der Waals surface area (Å²) in [6.07, 6.45) is 1.38. The van der Waals surface area contributed by atoms with Crippen molar-refractivity contribution in [1.82, 2.24) is 4.90 Å². The van der Waals surface area contributed by atoms with Gasteiger partial charge >= 0.3 is 0 Å². The number of amides is 2. The summed E-state index contributed by atoms with van der Waals surface area (Å²) in [6.45, 7) is 5.09. The first-order valence-corrected chi connectivity index (χ1v) is 8.39. The van der Waals surface area contributed by atoms with Crippen LogP contribution in [0.5, 0.6) is 5.75 Å². The van der Waals surface area contributed by atoms with Crippen LogP contribution in [0.3, 0.4) is 0 Å². The highest BCUT2D eigenvalue weighted by Crippen LogP contribution is 2.31. The van der Waals surface area contributed by atoms with Crippen LogP contribution < -0.4 is 15.8 Å². The Morgan fingerprint density at radius 3 is 2.54 bits per heavy atom. The van der Waals surface area contributed by atoms with Crippen LogP contribution in [0.1, 0.15) is 25.3 Å². The molecule has 3 N–H and O–H groups in total. The predicted octanol–water partition coefficient (Wildman–Crippen LogP) is 2.18. The van der Waals surface area contributed by atoms with Gasteiger partial charge in [0.25, 0.3) is 0 Å². The molecule has 1 aliphatic heterocycles. The number of piperidine rings is 1. The molecule has 1 aliphatic rings. The fourth-order valence-corrected chi connectivity index (χ4v) is 3.06.